The van der Waals surface area contributed by atoms with Crippen LogP contribution < -0.4 is 10.0 Å². The molecule has 0 saturated carbocycles. The maximum absolute atomic E-state index is 4.15. The van der Waals surface area contributed by atoms with Gasteiger partial charge in [0.2, 0.25) is 0 Å². The average molecular weight is 251 g/mol. The second kappa shape index (κ2) is 5.77. The first kappa shape index (κ1) is 11.3. The van der Waals surface area contributed by atoms with Crippen molar-refractivity contribution in [3.05, 3.63) is 35.8 Å². The molecule has 0 saturated heterocycles. The Kier molecular flexibility index (Phi) is 4.07. The number of rotatable bonds is 5. The van der Waals surface area contributed by atoms with E-state index in [1.54, 1.807) is 29.5 Å². The third kappa shape index (κ3) is 3.15. The predicted molar refractivity (Wildman–Crippen MR) is 72.2 cm³/mol. The largest absolute Gasteiger partial charge is 0.385 e. The van der Waals surface area contributed by atoms with Crippen molar-refractivity contribution in [1.82, 2.24) is 4.98 Å². The van der Waals surface area contributed by atoms with Crippen LogP contribution in [0.5, 0.6) is 0 Å². The zero-order chi connectivity index (χ0) is 11.2. The lowest BCUT2D eigenvalue weighted by molar-refractivity contribution is 1.21. The van der Waals surface area contributed by atoms with Crippen molar-refractivity contribution in [2.75, 3.05) is 16.6 Å². The lowest BCUT2D eigenvalue weighted by Crippen LogP contribution is -1.95. The monoisotopic (exact) mass is 251 g/mol. The van der Waals surface area contributed by atoms with Gasteiger partial charge < -0.3 is 10.0 Å². The van der Waals surface area contributed by atoms with Crippen molar-refractivity contribution >= 4 is 34.1 Å². The molecule has 2 aromatic rings. The summed E-state index contributed by atoms with van der Waals surface area (Å²) >= 11 is 3.17. The zero-order valence-electron chi connectivity index (χ0n) is 8.93. The first-order valence-electron chi connectivity index (χ1n) is 5.05. The van der Waals surface area contributed by atoms with Gasteiger partial charge >= 0.3 is 0 Å². The van der Waals surface area contributed by atoms with Crippen LogP contribution in [-0.4, -0.2) is 11.5 Å². The quantitative estimate of drug-likeness (QED) is 0.795. The topological polar surface area (TPSA) is 37.0 Å². The summed E-state index contributed by atoms with van der Waals surface area (Å²) in [4.78, 5) is 5.33. The summed E-state index contributed by atoms with van der Waals surface area (Å²) in [6.07, 6.45) is 1.79. The second-order valence-corrected chi connectivity index (χ2v) is 4.87. The number of benzene rings is 1. The summed E-state index contributed by atoms with van der Waals surface area (Å²) in [5.74, 6) is 0. The van der Waals surface area contributed by atoms with Gasteiger partial charge in [-0.3, -0.25) is 0 Å². The first-order chi connectivity index (χ1) is 7.88. The van der Waals surface area contributed by atoms with Crippen LogP contribution in [0.25, 0.3) is 0 Å². The van der Waals surface area contributed by atoms with E-state index in [9.17, 15) is 0 Å². The minimum Gasteiger partial charge on any atom is -0.385 e. The number of hydrogen-bond acceptors (Lipinski definition) is 5. The van der Waals surface area contributed by atoms with Gasteiger partial charge in [0.15, 0.2) is 5.13 Å². The molecule has 0 aliphatic rings. The van der Waals surface area contributed by atoms with E-state index in [0.717, 1.165) is 17.4 Å². The lowest BCUT2D eigenvalue weighted by Gasteiger charge is -2.05. The minimum atomic E-state index is 0.931. The molecule has 1 heterocycles. The summed E-state index contributed by atoms with van der Waals surface area (Å²) in [6, 6.07) is 8.33. The third-order valence-corrected chi connectivity index (χ3v) is 3.54. The fraction of sp³-hybridized carbons (Fsp3) is 0.182. The van der Waals surface area contributed by atoms with Crippen molar-refractivity contribution in [2.45, 2.75) is 11.8 Å². The highest BCUT2D eigenvalue weighted by atomic mass is 32.2. The molecule has 0 aliphatic heterocycles. The highest BCUT2D eigenvalue weighted by molar-refractivity contribution is 8.00. The summed E-state index contributed by atoms with van der Waals surface area (Å²) < 4.78 is 3.20. The van der Waals surface area contributed by atoms with Crippen LogP contribution in [0.3, 0.4) is 0 Å². The second-order valence-electron chi connectivity index (χ2n) is 3.10. The molecule has 1 aromatic carbocycles. The molecule has 0 unspecified atom stereocenters. The van der Waals surface area contributed by atoms with E-state index in [0.29, 0.717) is 0 Å². The van der Waals surface area contributed by atoms with Gasteiger partial charge in [-0.25, -0.2) is 4.98 Å². The highest BCUT2D eigenvalue weighted by Crippen LogP contribution is 2.23. The Morgan fingerprint density at radius 2 is 2.12 bits per heavy atom. The van der Waals surface area contributed by atoms with E-state index < -0.39 is 0 Å². The summed E-state index contributed by atoms with van der Waals surface area (Å²) in [5, 5.41) is 6.15. The molecule has 2 rings (SSSR count). The molecule has 1 aromatic heterocycles. The van der Waals surface area contributed by atoms with Gasteiger partial charge in [0, 0.05) is 28.7 Å². The number of thiazole rings is 1. The molecule has 5 heteroatoms. The minimum absolute atomic E-state index is 0.931. The van der Waals surface area contributed by atoms with Crippen LogP contribution in [0, 0.1) is 0 Å². The zero-order valence-corrected chi connectivity index (χ0v) is 10.6. The van der Waals surface area contributed by atoms with Gasteiger partial charge in [-0.1, -0.05) is 0 Å². The predicted octanol–water partition coefficient (Wildman–Crippen LogP) is 3.69. The van der Waals surface area contributed by atoms with Crippen LogP contribution in [0.4, 0.5) is 10.8 Å². The summed E-state index contributed by atoms with van der Waals surface area (Å²) in [7, 11) is 0. The van der Waals surface area contributed by atoms with Crippen molar-refractivity contribution in [1.29, 1.82) is 0 Å². The van der Waals surface area contributed by atoms with Gasteiger partial charge in [0.1, 0.15) is 0 Å². The number of nitrogens with zero attached hydrogens (tertiary/aromatic N) is 1. The molecular weight excluding hydrogens is 238 g/mol. The first-order valence-corrected chi connectivity index (χ1v) is 6.74. The Hall–Kier alpha value is -1.20. The van der Waals surface area contributed by atoms with Crippen LogP contribution >= 0.6 is 23.3 Å². The van der Waals surface area contributed by atoms with Gasteiger partial charge in [-0.15, -0.1) is 11.3 Å². The third-order valence-electron chi connectivity index (χ3n) is 1.92. The van der Waals surface area contributed by atoms with Crippen LogP contribution in [0.1, 0.15) is 6.92 Å². The molecular formula is C11H13N3S2. The molecule has 0 fully saturated rings. The smallest absolute Gasteiger partial charge is 0.192 e. The summed E-state index contributed by atoms with van der Waals surface area (Å²) in [6.45, 7) is 3.04. The molecule has 3 nitrogen and oxygen atoms in total. The van der Waals surface area contributed by atoms with Crippen LogP contribution in [0.15, 0.2) is 40.7 Å². The fourth-order valence-electron chi connectivity index (χ4n) is 1.22. The summed E-state index contributed by atoms with van der Waals surface area (Å²) in [5.41, 5.74) is 1.15. The van der Waals surface area contributed by atoms with E-state index in [1.807, 2.05) is 5.38 Å². The number of hydrogen-bond donors (Lipinski definition) is 2. The molecule has 0 amide bonds. The Morgan fingerprint density at radius 3 is 2.75 bits per heavy atom. The SMILES string of the molecule is CCNc1ccc(SNc2nccs2)cc1. The van der Waals surface area contributed by atoms with E-state index in [1.165, 1.54) is 4.90 Å². The van der Waals surface area contributed by atoms with Crippen LogP contribution in [0.2, 0.25) is 0 Å². The lowest BCUT2D eigenvalue weighted by atomic mass is 10.3. The van der Waals surface area contributed by atoms with Crippen molar-refractivity contribution in [2.24, 2.45) is 0 Å². The Morgan fingerprint density at radius 1 is 1.31 bits per heavy atom. The maximum atomic E-state index is 4.15. The van der Waals surface area contributed by atoms with E-state index >= 15 is 0 Å². The van der Waals surface area contributed by atoms with Gasteiger partial charge in [-0.2, -0.15) is 0 Å². The van der Waals surface area contributed by atoms with Crippen molar-refractivity contribution in [3.63, 3.8) is 0 Å². The standard InChI is InChI=1S/C11H13N3S2/c1-2-12-9-3-5-10(6-4-9)16-14-11-13-7-8-15-11/h3-8,12H,2H2,1H3,(H,13,14). The Bertz CT molecular complexity index is 411. The van der Waals surface area contributed by atoms with E-state index in [4.69, 9.17) is 0 Å². The fourth-order valence-corrected chi connectivity index (χ4v) is 2.44. The molecule has 84 valence electrons. The highest BCUT2D eigenvalue weighted by Gasteiger charge is 1.97. The van der Waals surface area contributed by atoms with E-state index in [2.05, 4.69) is 46.2 Å². The van der Waals surface area contributed by atoms with Crippen molar-refractivity contribution in [3.8, 4) is 0 Å². The Balaban J connectivity index is 1.90. The molecule has 0 atom stereocenters. The molecule has 0 spiro atoms. The normalized spacial score (nSPS) is 10.1. The number of nitrogens with one attached hydrogen (secondary N) is 2. The molecule has 0 aliphatic carbocycles. The molecule has 2 N–H and O–H groups in total. The molecule has 0 bridgehead atoms. The van der Waals surface area contributed by atoms with Gasteiger partial charge in [-0.05, 0) is 43.1 Å². The number of anilines is 2. The van der Waals surface area contributed by atoms with Gasteiger partial charge in [0.25, 0.3) is 0 Å². The Labute approximate surface area is 103 Å². The van der Waals surface area contributed by atoms with Gasteiger partial charge in [0.05, 0.1) is 0 Å². The molecule has 0 radical (unpaired) electrons. The number of aromatic nitrogens is 1. The maximum Gasteiger partial charge on any atom is 0.192 e. The van der Waals surface area contributed by atoms with Crippen molar-refractivity contribution < 1.29 is 0 Å². The molecule has 16 heavy (non-hydrogen) atoms. The van der Waals surface area contributed by atoms with E-state index in [-0.39, 0.29) is 0 Å². The average Bonchev–Trinajstić information content (AvgIpc) is 2.82. The van der Waals surface area contributed by atoms with Crippen LogP contribution in [-0.2, 0) is 0 Å².